The average Bonchev–Trinajstić information content (AvgIpc) is 3.36. The predicted octanol–water partition coefficient (Wildman–Crippen LogP) is 2.49. The molecule has 14 heteroatoms. The summed E-state index contributed by atoms with van der Waals surface area (Å²) < 4.78 is 21.6. The summed E-state index contributed by atoms with van der Waals surface area (Å²) in [6.45, 7) is 3.56. The van der Waals surface area contributed by atoms with Gasteiger partial charge < -0.3 is 23.9 Å². The third kappa shape index (κ3) is 4.92. The highest BCUT2D eigenvalue weighted by atomic mass is 16.5. The number of ketones is 2. The minimum absolute atomic E-state index is 0.0102. The van der Waals surface area contributed by atoms with Gasteiger partial charge in [-0.3, -0.25) is 14.4 Å². The van der Waals surface area contributed by atoms with Crippen molar-refractivity contribution in [3.63, 3.8) is 0 Å². The maximum absolute atomic E-state index is 14.1. The molecule has 2 aromatic heterocycles. The van der Waals surface area contributed by atoms with Crippen LogP contribution in [0, 0.1) is 0 Å². The molecule has 0 amide bonds. The van der Waals surface area contributed by atoms with Crippen LogP contribution in [0.1, 0.15) is 43.5 Å². The molecule has 2 aromatic carbocycles. The quantitative estimate of drug-likeness (QED) is 0.216. The number of Topliss-reactive ketones (excluding diaryl/α,β-unsaturated/α-hetero) is 1. The molecule has 0 saturated heterocycles. The van der Waals surface area contributed by atoms with Crippen molar-refractivity contribution >= 4 is 22.6 Å². The highest BCUT2D eigenvalue weighted by molar-refractivity contribution is 6.23. The molecule has 0 fully saturated rings. The zero-order chi connectivity index (χ0) is 35.6. The zero-order valence-electron chi connectivity index (χ0n) is 28.2. The first-order valence-electron chi connectivity index (χ1n) is 16.2. The van der Waals surface area contributed by atoms with Gasteiger partial charge >= 0.3 is 11.4 Å². The van der Waals surface area contributed by atoms with Gasteiger partial charge in [0.15, 0.2) is 34.6 Å². The summed E-state index contributed by atoms with van der Waals surface area (Å²) in [5, 5.41) is 10.4. The Bertz CT molecular complexity index is 2420. The van der Waals surface area contributed by atoms with Crippen LogP contribution in [0.5, 0.6) is 23.0 Å². The minimum atomic E-state index is -0.755. The molecule has 50 heavy (non-hydrogen) atoms. The Labute approximate surface area is 284 Å². The number of phenolic OH excluding ortho intramolecular Hbond substituents is 1. The monoisotopic (exact) mass is 681 g/mol. The van der Waals surface area contributed by atoms with Gasteiger partial charge in [-0.1, -0.05) is 12.1 Å². The lowest BCUT2D eigenvalue weighted by atomic mass is 9.68. The number of hydrogen-bond donors (Lipinski definition) is 1. The molecule has 1 aliphatic heterocycles. The van der Waals surface area contributed by atoms with Crippen molar-refractivity contribution in [1.82, 2.24) is 23.5 Å². The van der Waals surface area contributed by atoms with E-state index in [1.165, 1.54) is 40.3 Å². The van der Waals surface area contributed by atoms with Crippen LogP contribution in [-0.2, 0) is 36.1 Å². The predicted molar refractivity (Wildman–Crippen MR) is 181 cm³/mol. The average molecular weight is 682 g/mol. The summed E-state index contributed by atoms with van der Waals surface area (Å²) in [7, 11) is 4.60. The van der Waals surface area contributed by atoms with Gasteiger partial charge in [0, 0.05) is 61.2 Å². The molecular formula is C36H35N5O9. The topological polar surface area (TPSA) is 166 Å². The van der Waals surface area contributed by atoms with Crippen LogP contribution in [0.4, 0.5) is 0 Å². The Kier molecular flexibility index (Phi) is 7.96. The number of phenols is 1. The van der Waals surface area contributed by atoms with Crippen LogP contribution >= 0.6 is 0 Å². The number of carbonyl (C=O) groups is 2. The summed E-state index contributed by atoms with van der Waals surface area (Å²) >= 11 is 0. The van der Waals surface area contributed by atoms with Gasteiger partial charge in [-0.25, -0.2) is 28.5 Å². The number of hydrogen-bond acceptors (Lipinski definition) is 10. The number of aromatic hydroxyl groups is 1. The van der Waals surface area contributed by atoms with Gasteiger partial charge in [-0.05, 0) is 43.2 Å². The fraction of sp³-hybridized carbons (Fsp3) is 0.333. The largest absolute Gasteiger partial charge is 0.504 e. The fourth-order valence-electron chi connectivity index (χ4n) is 7.34. The second-order valence-corrected chi connectivity index (χ2v) is 12.4. The molecule has 4 aromatic rings. The highest BCUT2D eigenvalue weighted by Crippen LogP contribution is 2.50. The number of ether oxygens (including phenoxy) is 3. The van der Waals surface area contributed by atoms with Gasteiger partial charge in [-0.15, -0.1) is 0 Å². The van der Waals surface area contributed by atoms with Gasteiger partial charge in [0.25, 0.3) is 5.56 Å². The van der Waals surface area contributed by atoms with E-state index in [0.717, 1.165) is 4.57 Å². The fourth-order valence-corrected chi connectivity index (χ4v) is 7.34. The van der Waals surface area contributed by atoms with Crippen LogP contribution in [0.2, 0.25) is 0 Å². The van der Waals surface area contributed by atoms with Crippen LogP contribution < -0.4 is 31.1 Å². The highest BCUT2D eigenvalue weighted by Gasteiger charge is 2.45. The van der Waals surface area contributed by atoms with Crippen molar-refractivity contribution < 1.29 is 28.9 Å². The van der Waals surface area contributed by atoms with E-state index in [9.17, 15) is 29.1 Å². The minimum Gasteiger partial charge on any atom is -0.504 e. The molecule has 2 unspecified atom stereocenters. The summed E-state index contributed by atoms with van der Waals surface area (Å²) in [6.07, 6.45) is 3.18. The molecule has 258 valence electrons. The molecule has 1 N–H and O–H groups in total. The molecule has 3 heterocycles. The molecule has 7 rings (SSSR count). The van der Waals surface area contributed by atoms with Crippen molar-refractivity contribution in [3.8, 4) is 23.0 Å². The van der Waals surface area contributed by atoms with E-state index in [0.29, 0.717) is 51.4 Å². The molecule has 0 saturated carbocycles. The lowest BCUT2D eigenvalue weighted by Crippen LogP contribution is -2.40. The van der Waals surface area contributed by atoms with Crippen molar-refractivity contribution in [3.05, 3.63) is 107 Å². The van der Waals surface area contributed by atoms with Crippen LogP contribution in [0.15, 0.2) is 79.2 Å². The maximum atomic E-state index is 14.1. The molecule has 2 atom stereocenters. The van der Waals surface area contributed by atoms with E-state index < -0.39 is 23.3 Å². The lowest BCUT2D eigenvalue weighted by Gasteiger charge is -2.39. The van der Waals surface area contributed by atoms with Crippen LogP contribution in [0.3, 0.4) is 0 Å². The molecule has 3 aliphatic rings. The first-order valence-corrected chi connectivity index (χ1v) is 16.2. The smallest absolute Gasteiger partial charge is 0.347 e. The summed E-state index contributed by atoms with van der Waals surface area (Å²) in [5.74, 6) is -0.317. The van der Waals surface area contributed by atoms with E-state index >= 15 is 0 Å². The van der Waals surface area contributed by atoms with Crippen molar-refractivity contribution in [2.24, 2.45) is 7.05 Å². The van der Waals surface area contributed by atoms with E-state index in [1.807, 2.05) is 6.08 Å². The van der Waals surface area contributed by atoms with Crippen molar-refractivity contribution in [1.29, 1.82) is 0 Å². The van der Waals surface area contributed by atoms with Gasteiger partial charge in [0.1, 0.15) is 5.69 Å². The summed E-state index contributed by atoms with van der Waals surface area (Å²) in [4.78, 5) is 72.9. The third-order valence-corrected chi connectivity index (χ3v) is 9.75. The van der Waals surface area contributed by atoms with Gasteiger partial charge in [0.2, 0.25) is 0 Å². The Balaban J connectivity index is 1.30. The second-order valence-electron chi connectivity index (χ2n) is 12.4. The molecular weight excluding hydrogens is 646 g/mol. The first-order chi connectivity index (χ1) is 24.0. The lowest BCUT2D eigenvalue weighted by molar-refractivity contribution is -0.116. The van der Waals surface area contributed by atoms with Gasteiger partial charge in [0.05, 0.1) is 44.4 Å². The number of rotatable bonds is 8. The van der Waals surface area contributed by atoms with E-state index in [2.05, 4.69) is 4.98 Å². The van der Waals surface area contributed by atoms with E-state index in [1.54, 1.807) is 45.2 Å². The Hall–Kier alpha value is -5.92. The summed E-state index contributed by atoms with van der Waals surface area (Å²) in [6, 6.07) is 7.34. The molecule has 14 nitrogen and oxygen atoms in total. The van der Waals surface area contributed by atoms with Crippen LogP contribution in [0.25, 0.3) is 11.0 Å². The normalized spacial score (nSPS) is 18.3. The Morgan fingerprint density at radius 1 is 0.980 bits per heavy atom. The standard InChI is InChI=1S/C36H35N5O9/c1-6-50-28-14-19(7-8-26(28)42)31-20-9-12-40-35(46)39(36(47)41(40)24(20)15-21-32(31)27(43)13-18(2)33(21)44)11-10-22-34(45)38(3)25-17-30(49-5)29(48-4)16-23(25)37-22/h7-9,13-14,16-17,24,31,42H,6,10-12,15H2,1-5H3. The number of aryl methyl sites for hydroxylation is 2. The number of carbonyl (C=O) groups excluding carboxylic acids is 2. The molecule has 2 aliphatic carbocycles. The van der Waals surface area contributed by atoms with Gasteiger partial charge in [-0.2, -0.15) is 0 Å². The second kappa shape index (κ2) is 12.2. The van der Waals surface area contributed by atoms with Crippen molar-refractivity contribution in [2.45, 2.75) is 51.7 Å². The van der Waals surface area contributed by atoms with Crippen molar-refractivity contribution in [2.75, 3.05) is 20.8 Å². The van der Waals surface area contributed by atoms with E-state index in [-0.39, 0.29) is 65.8 Å². The summed E-state index contributed by atoms with van der Waals surface area (Å²) in [5.41, 5.74) is 1.75. The maximum Gasteiger partial charge on any atom is 0.347 e. The van der Waals surface area contributed by atoms with Crippen LogP contribution in [-0.4, -0.2) is 61.0 Å². The number of methoxy groups -OCH3 is 2. The number of fused-ring (bicyclic) bond motifs is 4. The third-order valence-electron chi connectivity index (χ3n) is 9.75. The molecule has 0 radical (unpaired) electrons. The first kappa shape index (κ1) is 32.6. The Morgan fingerprint density at radius 2 is 1.72 bits per heavy atom. The molecule has 0 spiro atoms. The number of benzene rings is 2. The SMILES string of the molecule is CCOc1cc(C2C3=CCn4c(=O)n(CCc5nc6cc(OC)c(OC)cc6n(C)c5=O)c(=O)n4C3CC3=C2C(=O)C=C(C)C3=O)ccc1O. The number of aromatic nitrogens is 5. The number of nitrogens with zero attached hydrogens (tertiary/aromatic N) is 5. The zero-order valence-corrected chi connectivity index (χ0v) is 28.2. The number of allylic oxidation sites excluding steroid dienone is 6. The Morgan fingerprint density at radius 3 is 2.44 bits per heavy atom. The van der Waals surface area contributed by atoms with E-state index in [4.69, 9.17) is 14.2 Å². The molecule has 0 bridgehead atoms.